The lowest BCUT2D eigenvalue weighted by atomic mass is 9.77. The van der Waals surface area contributed by atoms with Crippen molar-refractivity contribution in [2.75, 3.05) is 14.2 Å². The molecular formula is C18H20O5. The van der Waals surface area contributed by atoms with E-state index in [1.54, 1.807) is 27.0 Å². The Hall–Kier alpha value is -2.56. The minimum atomic E-state index is -0.932. The average Bonchev–Trinajstić information content (AvgIpc) is 2.51. The number of rotatable bonds is 5. The van der Waals surface area contributed by atoms with Crippen molar-refractivity contribution in [3.05, 3.63) is 41.5 Å². The molecule has 0 aliphatic heterocycles. The summed E-state index contributed by atoms with van der Waals surface area (Å²) in [5.74, 6) is -0.822. The maximum Gasteiger partial charge on any atom is 0.338 e. The minimum absolute atomic E-state index is 0.113. The maximum atomic E-state index is 12.4. The third-order valence-corrected chi connectivity index (χ3v) is 3.94. The largest absolute Gasteiger partial charge is 0.496 e. The fraction of sp³-hybridized carbons (Fsp3) is 0.333. The molecule has 2 aromatic carbocycles. The highest BCUT2D eigenvalue weighted by molar-refractivity contribution is 6.08. The first-order chi connectivity index (χ1) is 10.8. The van der Waals surface area contributed by atoms with Crippen molar-refractivity contribution in [3.8, 4) is 5.75 Å². The Morgan fingerprint density at radius 2 is 1.74 bits per heavy atom. The van der Waals surface area contributed by atoms with Gasteiger partial charge in [-0.3, -0.25) is 4.79 Å². The number of methoxy groups -OCH3 is 2. The summed E-state index contributed by atoms with van der Waals surface area (Å²) >= 11 is 0. The third kappa shape index (κ3) is 3.13. The Labute approximate surface area is 134 Å². The monoisotopic (exact) mass is 316 g/mol. The second-order valence-corrected chi connectivity index (χ2v) is 5.99. The van der Waals surface area contributed by atoms with E-state index in [1.165, 1.54) is 7.11 Å². The van der Waals surface area contributed by atoms with Crippen LogP contribution in [0.3, 0.4) is 0 Å². The van der Waals surface area contributed by atoms with Gasteiger partial charge in [-0.1, -0.05) is 38.1 Å². The molecule has 0 spiro atoms. The highest BCUT2D eigenvalue weighted by Crippen LogP contribution is 2.39. The van der Waals surface area contributed by atoms with Crippen LogP contribution < -0.4 is 4.74 Å². The number of esters is 1. The van der Waals surface area contributed by atoms with Crippen molar-refractivity contribution in [1.29, 1.82) is 0 Å². The molecule has 5 nitrogen and oxygen atoms in total. The second-order valence-electron chi connectivity index (χ2n) is 5.99. The number of ether oxygens (including phenoxy) is 2. The normalized spacial score (nSPS) is 11.3. The summed E-state index contributed by atoms with van der Waals surface area (Å²) < 4.78 is 10.4. The van der Waals surface area contributed by atoms with E-state index in [0.29, 0.717) is 22.3 Å². The van der Waals surface area contributed by atoms with Crippen LogP contribution in [0.25, 0.3) is 10.8 Å². The zero-order chi connectivity index (χ0) is 17.2. The van der Waals surface area contributed by atoms with E-state index in [0.717, 1.165) is 5.39 Å². The van der Waals surface area contributed by atoms with Crippen LogP contribution >= 0.6 is 0 Å². The average molecular weight is 316 g/mol. The number of carboxylic acid groups (broad SMARTS) is 1. The molecule has 0 radical (unpaired) electrons. The smallest absolute Gasteiger partial charge is 0.338 e. The van der Waals surface area contributed by atoms with Gasteiger partial charge < -0.3 is 14.6 Å². The van der Waals surface area contributed by atoms with Crippen molar-refractivity contribution in [1.82, 2.24) is 0 Å². The number of carboxylic acids is 1. The van der Waals surface area contributed by atoms with Crippen molar-refractivity contribution < 1.29 is 24.2 Å². The van der Waals surface area contributed by atoms with Crippen molar-refractivity contribution in [2.45, 2.75) is 25.7 Å². The van der Waals surface area contributed by atoms with E-state index in [2.05, 4.69) is 0 Å². The lowest BCUT2D eigenvalue weighted by molar-refractivity contribution is -0.138. The van der Waals surface area contributed by atoms with Crippen LogP contribution in [0.1, 0.15) is 36.2 Å². The molecule has 0 unspecified atom stereocenters. The molecule has 0 bridgehead atoms. The number of carbonyl (C=O) groups excluding carboxylic acids is 1. The predicted octanol–water partition coefficient (Wildman–Crippen LogP) is 3.39. The lowest BCUT2D eigenvalue weighted by Gasteiger charge is -2.27. The topological polar surface area (TPSA) is 72.8 Å². The minimum Gasteiger partial charge on any atom is -0.496 e. The van der Waals surface area contributed by atoms with E-state index < -0.39 is 17.4 Å². The number of hydrogen-bond acceptors (Lipinski definition) is 4. The van der Waals surface area contributed by atoms with Gasteiger partial charge >= 0.3 is 11.9 Å². The first-order valence-corrected chi connectivity index (χ1v) is 7.22. The molecule has 0 saturated heterocycles. The van der Waals surface area contributed by atoms with Gasteiger partial charge in [0.25, 0.3) is 0 Å². The number of benzene rings is 2. The molecule has 23 heavy (non-hydrogen) atoms. The number of fused-ring (bicyclic) bond motifs is 1. The van der Waals surface area contributed by atoms with E-state index in [-0.39, 0.29) is 6.42 Å². The third-order valence-electron chi connectivity index (χ3n) is 3.94. The molecule has 5 heteroatoms. The highest BCUT2D eigenvalue weighted by atomic mass is 16.5. The summed E-state index contributed by atoms with van der Waals surface area (Å²) in [6, 6.07) is 9.08. The predicted molar refractivity (Wildman–Crippen MR) is 87.1 cm³/mol. The molecule has 1 N–H and O–H groups in total. The van der Waals surface area contributed by atoms with Crippen LogP contribution in [-0.4, -0.2) is 31.3 Å². The Morgan fingerprint density at radius 1 is 1.13 bits per heavy atom. The second kappa shape index (κ2) is 6.28. The first-order valence-electron chi connectivity index (χ1n) is 7.22. The SMILES string of the molecule is COC(=O)c1c(C(C)(C)CC(=O)O)cc(OC)c2ccccc12. The number of hydrogen-bond donors (Lipinski definition) is 1. The summed E-state index contributed by atoms with van der Waals surface area (Å²) in [5, 5.41) is 10.7. The summed E-state index contributed by atoms with van der Waals surface area (Å²) in [6.07, 6.45) is -0.113. The van der Waals surface area contributed by atoms with Crippen LogP contribution in [0.5, 0.6) is 5.75 Å². The van der Waals surface area contributed by atoms with E-state index in [9.17, 15) is 14.7 Å². The zero-order valence-corrected chi connectivity index (χ0v) is 13.7. The van der Waals surface area contributed by atoms with E-state index in [4.69, 9.17) is 9.47 Å². The lowest BCUT2D eigenvalue weighted by Crippen LogP contribution is -2.25. The molecule has 0 aromatic heterocycles. The molecule has 0 amide bonds. The van der Waals surface area contributed by atoms with Crippen molar-refractivity contribution in [3.63, 3.8) is 0 Å². The van der Waals surface area contributed by atoms with Gasteiger partial charge in [-0.05, 0) is 11.6 Å². The summed E-state index contributed by atoms with van der Waals surface area (Å²) in [4.78, 5) is 23.6. The number of aliphatic carboxylic acids is 1. The quantitative estimate of drug-likeness (QED) is 0.856. The van der Waals surface area contributed by atoms with Gasteiger partial charge in [0.05, 0.1) is 26.2 Å². The summed E-state index contributed by atoms with van der Waals surface area (Å²) in [5.41, 5.74) is 0.226. The highest BCUT2D eigenvalue weighted by Gasteiger charge is 2.31. The van der Waals surface area contributed by atoms with Crippen LogP contribution in [0.2, 0.25) is 0 Å². The molecule has 122 valence electrons. The number of carbonyl (C=O) groups is 2. The van der Waals surface area contributed by atoms with E-state index >= 15 is 0 Å². The van der Waals surface area contributed by atoms with Gasteiger partial charge in [0.15, 0.2) is 0 Å². The van der Waals surface area contributed by atoms with Gasteiger partial charge in [0.2, 0.25) is 0 Å². The van der Waals surface area contributed by atoms with Gasteiger partial charge in [-0.2, -0.15) is 0 Å². The molecule has 0 saturated carbocycles. The Bertz CT molecular complexity index is 761. The van der Waals surface area contributed by atoms with Gasteiger partial charge in [-0.15, -0.1) is 0 Å². The molecule has 0 fully saturated rings. The van der Waals surface area contributed by atoms with E-state index in [1.807, 2.05) is 24.3 Å². The van der Waals surface area contributed by atoms with Crippen molar-refractivity contribution in [2.24, 2.45) is 0 Å². The summed E-state index contributed by atoms with van der Waals surface area (Å²) in [7, 11) is 2.86. The van der Waals surface area contributed by atoms with Crippen LogP contribution in [0.15, 0.2) is 30.3 Å². The van der Waals surface area contributed by atoms with Crippen LogP contribution in [0.4, 0.5) is 0 Å². The van der Waals surface area contributed by atoms with Crippen LogP contribution in [-0.2, 0) is 14.9 Å². The molecule has 0 aliphatic rings. The van der Waals surface area contributed by atoms with Gasteiger partial charge in [0.1, 0.15) is 5.75 Å². The molecule has 0 aliphatic carbocycles. The molecule has 2 rings (SSSR count). The Kier molecular flexibility index (Phi) is 4.59. The fourth-order valence-electron chi connectivity index (χ4n) is 2.84. The fourth-order valence-corrected chi connectivity index (χ4v) is 2.84. The van der Waals surface area contributed by atoms with Crippen molar-refractivity contribution >= 4 is 22.7 Å². The molecule has 0 atom stereocenters. The standard InChI is InChI=1S/C18H20O5/c1-18(2,10-15(19)20)13-9-14(22-3)11-7-5-6-8-12(11)16(13)17(21)23-4/h5-9H,10H2,1-4H3,(H,19,20). The Morgan fingerprint density at radius 3 is 2.26 bits per heavy atom. The Balaban J connectivity index is 2.86. The van der Waals surface area contributed by atoms with Crippen LogP contribution in [0, 0.1) is 0 Å². The molecular weight excluding hydrogens is 296 g/mol. The summed E-state index contributed by atoms with van der Waals surface area (Å²) in [6.45, 7) is 3.58. The molecule has 2 aromatic rings. The maximum absolute atomic E-state index is 12.4. The first kappa shape index (κ1) is 16.8. The van der Waals surface area contributed by atoms with Gasteiger partial charge in [-0.25, -0.2) is 4.79 Å². The molecule has 0 heterocycles. The van der Waals surface area contributed by atoms with Gasteiger partial charge in [0, 0.05) is 16.2 Å². The zero-order valence-electron chi connectivity index (χ0n) is 13.7.